The van der Waals surface area contributed by atoms with Crippen molar-refractivity contribution in [3.63, 3.8) is 0 Å². The maximum atomic E-state index is 11.0. The quantitative estimate of drug-likeness (QED) is 0.520. The minimum Gasteiger partial charge on any atom is -0.336 e. The number of carbonyl (C=O) groups excluding carboxylic acids is 1. The second-order valence-electron chi connectivity index (χ2n) is 2.81. The number of hydrogen-bond donors (Lipinski definition) is 1. The molecule has 0 unspecified atom stereocenters. The normalized spacial score (nSPS) is 11.0. The maximum Gasteiger partial charge on any atom is 0.285 e. The minimum absolute atomic E-state index is 0.130. The van der Waals surface area contributed by atoms with Gasteiger partial charge in [-0.15, -0.1) is 0 Å². The second kappa shape index (κ2) is 5.77. The molecular formula is C8H15NO4S. The Balaban J connectivity index is 4.00. The van der Waals surface area contributed by atoms with Gasteiger partial charge in [0.15, 0.2) is 0 Å². The lowest BCUT2D eigenvalue weighted by Gasteiger charge is -2.05. The smallest absolute Gasteiger partial charge is 0.285 e. The van der Waals surface area contributed by atoms with Crippen LogP contribution in [0, 0.1) is 0 Å². The third kappa shape index (κ3) is 5.71. The number of carbonyl (C=O) groups is 1. The van der Waals surface area contributed by atoms with Crippen molar-refractivity contribution in [3.8, 4) is 0 Å². The van der Waals surface area contributed by atoms with Crippen LogP contribution in [0.2, 0.25) is 0 Å². The van der Waals surface area contributed by atoms with E-state index < -0.39 is 21.9 Å². The van der Waals surface area contributed by atoms with Gasteiger partial charge in [-0.1, -0.05) is 13.5 Å². The topological polar surface area (TPSA) is 72.5 Å². The van der Waals surface area contributed by atoms with E-state index in [-0.39, 0.29) is 12.2 Å². The van der Waals surface area contributed by atoms with Crippen molar-refractivity contribution in [3.05, 3.63) is 12.2 Å². The van der Waals surface area contributed by atoms with Crippen LogP contribution in [0.15, 0.2) is 12.2 Å². The average molecular weight is 221 g/mol. The first kappa shape index (κ1) is 13.1. The molecule has 0 fully saturated rings. The van der Waals surface area contributed by atoms with E-state index in [0.717, 1.165) is 0 Å². The third-order valence-electron chi connectivity index (χ3n) is 1.26. The summed E-state index contributed by atoms with van der Waals surface area (Å²) in [5, 5.41) is 2.18. The first-order valence-electron chi connectivity index (χ1n) is 4.20. The van der Waals surface area contributed by atoms with Crippen LogP contribution >= 0.6 is 0 Å². The molecule has 0 spiro atoms. The fourth-order valence-electron chi connectivity index (χ4n) is 0.557. The molecule has 0 radical (unpaired) electrons. The molecule has 0 aromatic heterocycles. The van der Waals surface area contributed by atoms with Crippen molar-refractivity contribution in [1.82, 2.24) is 5.32 Å². The second-order valence-corrected chi connectivity index (χ2v) is 4.45. The lowest BCUT2D eigenvalue weighted by molar-refractivity contribution is -0.117. The Kier molecular flexibility index (Phi) is 5.40. The van der Waals surface area contributed by atoms with Crippen molar-refractivity contribution < 1.29 is 17.4 Å². The summed E-state index contributed by atoms with van der Waals surface area (Å²) in [5.74, 6) is -1.01. The SMILES string of the molecule is C=C(C)C(=O)NCS(=O)(=O)OCCC. The summed E-state index contributed by atoms with van der Waals surface area (Å²) in [5.41, 5.74) is 0.260. The molecule has 0 aromatic carbocycles. The number of rotatable bonds is 6. The van der Waals surface area contributed by atoms with Crippen molar-refractivity contribution in [2.75, 3.05) is 12.5 Å². The molecule has 0 saturated heterocycles. The Bertz CT molecular complexity index is 307. The van der Waals surface area contributed by atoms with Crippen LogP contribution in [0.1, 0.15) is 20.3 Å². The molecule has 0 aliphatic carbocycles. The zero-order chi connectivity index (χ0) is 11.2. The standard InChI is InChI=1S/C8H15NO4S/c1-4-5-13-14(11,12)6-9-8(10)7(2)3/h2,4-6H2,1,3H3,(H,9,10). The van der Waals surface area contributed by atoms with Gasteiger partial charge in [-0.25, -0.2) is 0 Å². The summed E-state index contributed by atoms with van der Waals surface area (Å²) in [7, 11) is -3.65. The Labute approximate surface area is 84.3 Å². The van der Waals surface area contributed by atoms with Gasteiger partial charge in [0.25, 0.3) is 10.1 Å². The highest BCUT2D eigenvalue weighted by atomic mass is 32.2. The largest absolute Gasteiger partial charge is 0.336 e. The molecule has 14 heavy (non-hydrogen) atoms. The van der Waals surface area contributed by atoms with E-state index >= 15 is 0 Å². The Morgan fingerprint density at radius 1 is 1.50 bits per heavy atom. The van der Waals surface area contributed by atoms with Gasteiger partial charge in [-0.3, -0.25) is 8.98 Å². The van der Waals surface area contributed by atoms with Crippen LogP contribution < -0.4 is 5.32 Å². The van der Waals surface area contributed by atoms with E-state index in [1.807, 2.05) is 0 Å². The van der Waals surface area contributed by atoms with E-state index in [1.165, 1.54) is 6.92 Å². The molecule has 1 amide bonds. The van der Waals surface area contributed by atoms with Gasteiger partial charge in [0, 0.05) is 5.57 Å². The van der Waals surface area contributed by atoms with Gasteiger partial charge in [0.1, 0.15) is 5.88 Å². The van der Waals surface area contributed by atoms with Gasteiger partial charge in [-0.2, -0.15) is 8.42 Å². The van der Waals surface area contributed by atoms with Crippen LogP contribution in [-0.4, -0.2) is 26.8 Å². The molecule has 0 aliphatic heterocycles. The van der Waals surface area contributed by atoms with Crippen LogP contribution in [0.3, 0.4) is 0 Å². The molecule has 0 saturated carbocycles. The summed E-state index contributed by atoms with van der Waals surface area (Å²) in [6.07, 6.45) is 0.605. The Morgan fingerprint density at radius 2 is 2.07 bits per heavy atom. The molecule has 5 nitrogen and oxygen atoms in total. The van der Waals surface area contributed by atoms with Gasteiger partial charge >= 0.3 is 0 Å². The van der Waals surface area contributed by atoms with Crippen LogP contribution in [0.25, 0.3) is 0 Å². The average Bonchev–Trinajstić information content (AvgIpc) is 2.11. The fraction of sp³-hybridized carbons (Fsp3) is 0.625. The highest BCUT2D eigenvalue weighted by molar-refractivity contribution is 7.86. The molecule has 0 aromatic rings. The molecule has 6 heteroatoms. The molecule has 0 atom stereocenters. The predicted molar refractivity (Wildman–Crippen MR) is 53.0 cm³/mol. The lowest BCUT2D eigenvalue weighted by atomic mass is 10.3. The first-order chi connectivity index (χ1) is 6.39. The fourth-order valence-corrected chi connectivity index (χ4v) is 1.37. The molecular weight excluding hydrogens is 206 g/mol. The first-order valence-corrected chi connectivity index (χ1v) is 5.77. The van der Waals surface area contributed by atoms with Crippen LogP contribution in [0.5, 0.6) is 0 Å². The van der Waals surface area contributed by atoms with E-state index in [9.17, 15) is 13.2 Å². The number of hydrogen-bond acceptors (Lipinski definition) is 4. The molecule has 0 bridgehead atoms. The lowest BCUT2D eigenvalue weighted by Crippen LogP contribution is -2.30. The van der Waals surface area contributed by atoms with Crippen molar-refractivity contribution in [2.24, 2.45) is 0 Å². The van der Waals surface area contributed by atoms with E-state index in [0.29, 0.717) is 6.42 Å². The van der Waals surface area contributed by atoms with Crippen LogP contribution in [-0.2, 0) is 19.1 Å². The molecule has 0 rings (SSSR count). The minimum atomic E-state index is -3.65. The summed E-state index contributed by atoms with van der Waals surface area (Å²) in [6, 6.07) is 0. The summed E-state index contributed by atoms with van der Waals surface area (Å²) < 4.78 is 26.6. The van der Waals surface area contributed by atoms with Crippen LogP contribution in [0.4, 0.5) is 0 Å². The van der Waals surface area contributed by atoms with Gasteiger partial charge in [0.05, 0.1) is 6.61 Å². The molecule has 1 N–H and O–H groups in total. The Morgan fingerprint density at radius 3 is 2.50 bits per heavy atom. The van der Waals surface area contributed by atoms with E-state index in [1.54, 1.807) is 6.92 Å². The number of amides is 1. The Hall–Kier alpha value is -0.880. The summed E-state index contributed by atoms with van der Waals surface area (Å²) >= 11 is 0. The van der Waals surface area contributed by atoms with Crippen molar-refractivity contribution in [1.29, 1.82) is 0 Å². The predicted octanol–water partition coefficient (Wildman–Crippen LogP) is 0.393. The van der Waals surface area contributed by atoms with E-state index in [2.05, 4.69) is 16.1 Å². The van der Waals surface area contributed by atoms with Gasteiger partial charge < -0.3 is 5.32 Å². The van der Waals surface area contributed by atoms with Crippen molar-refractivity contribution >= 4 is 16.0 Å². The summed E-state index contributed by atoms with van der Waals surface area (Å²) in [6.45, 7) is 6.79. The summed E-state index contributed by atoms with van der Waals surface area (Å²) in [4.78, 5) is 10.9. The van der Waals surface area contributed by atoms with Gasteiger partial charge in [-0.05, 0) is 13.3 Å². The van der Waals surface area contributed by atoms with E-state index in [4.69, 9.17) is 0 Å². The molecule has 0 aliphatic rings. The third-order valence-corrected chi connectivity index (χ3v) is 2.29. The zero-order valence-electron chi connectivity index (χ0n) is 8.37. The number of nitrogens with one attached hydrogen (secondary N) is 1. The highest BCUT2D eigenvalue weighted by Crippen LogP contribution is 1.94. The van der Waals surface area contributed by atoms with Gasteiger partial charge in [0.2, 0.25) is 5.91 Å². The molecule has 82 valence electrons. The van der Waals surface area contributed by atoms with Crippen molar-refractivity contribution in [2.45, 2.75) is 20.3 Å². The molecule has 0 heterocycles. The highest BCUT2D eigenvalue weighted by Gasteiger charge is 2.12. The monoisotopic (exact) mass is 221 g/mol. The zero-order valence-corrected chi connectivity index (χ0v) is 9.19. The maximum absolute atomic E-state index is 11.0.